The quantitative estimate of drug-likeness (QED) is 0.623. The van der Waals surface area contributed by atoms with Gasteiger partial charge in [0.2, 0.25) is 0 Å². The Kier molecular flexibility index (Phi) is 4.49. The number of nitrogens with zero attached hydrogens (tertiary/aromatic N) is 2. The van der Waals surface area contributed by atoms with Crippen molar-refractivity contribution in [1.29, 1.82) is 0 Å². The molecule has 3 heteroatoms. The van der Waals surface area contributed by atoms with Gasteiger partial charge in [-0.05, 0) is 18.4 Å². The molecule has 2 aromatic rings. The highest BCUT2D eigenvalue weighted by Crippen LogP contribution is 2.32. The lowest BCUT2D eigenvalue weighted by atomic mass is 9.94. The Morgan fingerprint density at radius 1 is 1.10 bits per heavy atom. The molecule has 1 aliphatic rings. The van der Waals surface area contributed by atoms with Crippen LogP contribution in [0.4, 0.5) is 0 Å². The van der Waals surface area contributed by atoms with Gasteiger partial charge < -0.3 is 0 Å². The summed E-state index contributed by atoms with van der Waals surface area (Å²) in [6, 6.07) is 10.3. The zero-order chi connectivity index (χ0) is 14.5. The zero-order valence-electron chi connectivity index (χ0n) is 12.4. The maximum absolute atomic E-state index is 11.4. The lowest BCUT2D eigenvalue weighted by molar-refractivity contribution is 0.112. The molecule has 0 N–H and O–H groups in total. The average Bonchev–Trinajstić information content (AvgIpc) is 2.73. The summed E-state index contributed by atoms with van der Waals surface area (Å²) in [5, 5.41) is 4.73. The topological polar surface area (TPSA) is 34.9 Å². The van der Waals surface area contributed by atoms with Gasteiger partial charge in [-0.2, -0.15) is 5.10 Å². The molecule has 1 aromatic carbocycles. The van der Waals surface area contributed by atoms with Crippen molar-refractivity contribution in [2.75, 3.05) is 0 Å². The summed E-state index contributed by atoms with van der Waals surface area (Å²) in [6.45, 7) is 0.731. The Bertz CT molecular complexity index is 581. The monoisotopic (exact) mass is 282 g/mol. The summed E-state index contributed by atoms with van der Waals surface area (Å²) in [4.78, 5) is 11.4. The van der Waals surface area contributed by atoms with Gasteiger partial charge in [-0.25, -0.2) is 0 Å². The van der Waals surface area contributed by atoms with Crippen molar-refractivity contribution < 1.29 is 4.79 Å². The first-order valence-corrected chi connectivity index (χ1v) is 7.93. The molecule has 0 radical (unpaired) electrons. The van der Waals surface area contributed by atoms with Crippen molar-refractivity contribution in [3.8, 4) is 0 Å². The number of benzene rings is 1. The second-order valence-electron chi connectivity index (χ2n) is 5.96. The maximum Gasteiger partial charge on any atom is 0.153 e. The minimum atomic E-state index is 0.463. The van der Waals surface area contributed by atoms with Crippen LogP contribution in [0.1, 0.15) is 66.1 Å². The third-order valence-corrected chi connectivity index (χ3v) is 4.38. The lowest BCUT2D eigenvalue weighted by Gasteiger charge is -2.11. The van der Waals surface area contributed by atoms with Gasteiger partial charge in [-0.1, -0.05) is 56.0 Å². The third kappa shape index (κ3) is 3.41. The molecule has 21 heavy (non-hydrogen) atoms. The van der Waals surface area contributed by atoms with Gasteiger partial charge in [0.05, 0.1) is 17.8 Å². The second-order valence-corrected chi connectivity index (χ2v) is 5.96. The Hall–Kier alpha value is -1.90. The Labute approximate surface area is 126 Å². The van der Waals surface area contributed by atoms with E-state index in [1.807, 2.05) is 29.1 Å². The summed E-state index contributed by atoms with van der Waals surface area (Å²) in [5.41, 5.74) is 3.01. The fraction of sp³-hybridized carbons (Fsp3) is 0.444. The first kappa shape index (κ1) is 14.1. The van der Waals surface area contributed by atoms with E-state index in [0.717, 1.165) is 24.1 Å². The molecule has 1 heterocycles. The van der Waals surface area contributed by atoms with Gasteiger partial charge in [-0.3, -0.25) is 9.48 Å². The summed E-state index contributed by atoms with van der Waals surface area (Å²) >= 11 is 0. The molecule has 1 fully saturated rings. The molecular formula is C18H22N2O. The van der Waals surface area contributed by atoms with Crippen LogP contribution in [0.15, 0.2) is 36.5 Å². The van der Waals surface area contributed by atoms with Crippen molar-refractivity contribution in [3.63, 3.8) is 0 Å². The maximum atomic E-state index is 11.4. The molecule has 3 nitrogen and oxygen atoms in total. The largest absolute Gasteiger partial charge is 0.298 e. The molecule has 0 saturated heterocycles. The van der Waals surface area contributed by atoms with Crippen LogP contribution < -0.4 is 0 Å². The van der Waals surface area contributed by atoms with Crippen LogP contribution in [-0.2, 0) is 6.54 Å². The number of rotatable bonds is 4. The van der Waals surface area contributed by atoms with E-state index in [-0.39, 0.29) is 0 Å². The minimum absolute atomic E-state index is 0.463. The van der Waals surface area contributed by atoms with Gasteiger partial charge in [0.1, 0.15) is 0 Å². The van der Waals surface area contributed by atoms with Crippen molar-refractivity contribution >= 4 is 6.29 Å². The van der Waals surface area contributed by atoms with Gasteiger partial charge in [-0.15, -0.1) is 0 Å². The van der Waals surface area contributed by atoms with Gasteiger partial charge in [0, 0.05) is 12.1 Å². The molecule has 3 rings (SSSR count). The fourth-order valence-corrected chi connectivity index (χ4v) is 3.26. The van der Waals surface area contributed by atoms with Crippen LogP contribution in [0.25, 0.3) is 0 Å². The van der Waals surface area contributed by atoms with Crippen molar-refractivity contribution in [2.24, 2.45) is 0 Å². The fourth-order valence-electron chi connectivity index (χ4n) is 3.26. The summed E-state index contributed by atoms with van der Waals surface area (Å²) < 4.78 is 1.92. The Morgan fingerprint density at radius 3 is 2.48 bits per heavy atom. The summed E-state index contributed by atoms with van der Waals surface area (Å²) in [7, 11) is 0. The molecule has 0 aliphatic heterocycles. The molecule has 1 aromatic heterocycles. The number of hydrogen-bond acceptors (Lipinski definition) is 2. The standard InChI is InChI=1S/C18H22N2O/c21-14-17-13-20(12-15-8-4-3-5-9-15)19-18(17)16-10-6-1-2-7-11-16/h3-5,8-9,13-14,16H,1-2,6-7,10-12H2. The molecule has 1 aliphatic carbocycles. The van der Waals surface area contributed by atoms with Crippen molar-refractivity contribution in [1.82, 2.24) is 9.78 Å². The van der Waals surface area contributed by atoms with Crippen LogP contribution >= 0.6 is 0 Å². The van der Waals surface area contributed by atoms with Crippen molar-refractivity contribution in [3.05, 3.63) is 53.3 Å². The van der Waals surface area contributed by atoms with Gasteiger partial charge in [0.25, 0.3) is 0 Å². The van der Waals surface area contributed by atoms with E-state index < -0.39 is 0 Å². The molecule has 0 unspecified atom stereocenters. The number of carbonyl (C=O) groups excluding carboxylic acids is 1. The number of hydrogen-bond donors (Lipinski definition) is 0. The predicted octanol–water partition coefficient (Wildman–Crippen LogP) is 4.18. The Balaban J connectivity index is 1.82. The van der Waals surface area contributed by atoms with Gasteiger partial charge in [0.15, 0.2) is 6.29 Å². The highest BCUT2D eigenvalue weighted by molar-refractivity contribution is 5.76. The van der Waals surface area contributed by atoms with Crippen molar-refractivity contribution in [2.45, 2.75) is 51.0 Å². The first-order valence-electron chi connectivity index (χ1n) is 7.93. The molecule has 0 bridgehead atoms. The van der Waals surface area contributed by atoms with E-state index in [0.29, 0.717) is 5.92 Å². The van der Waals surface area contributed by atoms with Crippen LogP contribution in [0.3, 0.4) is 0 Å². The smallest absolute Gasteiger partial charge is 0.153 e. The zero-order valence-corrected chi connectivity index (χ0v) is 12.4. The molecule has 0 amide bonds. The van der Waals surface area contributed by atoms with E-state index >= 15 is 0 Å². The van der Waals surface area contributed by atoms with E-state index in [9.17, 15) is 4.79 Å². The van der Waals surface area contributed by atoms with Crippen LogP contribution in [0.5, 0.6) is 0 Å². The highest BCUT2D eigenvalue weighted by atomic mass is 16.1. The molecule has 0 spiro atoms. The van der Waals surface area contributed by atoms with E-state index in [4.69, 9.17) is 5.10 Å². The lowest BCUT2D eigenvalue weighted by Crippen LogP contribution is -2.04. The van der Waals surface area contributed by atoms with Crippen LogP contribution in [0.2, 0.25) is 0 Å². The molecular weight excluding hydrogens is 260 g/mol. The first-order chi connectivity index (χ1) is 10.4. The normalized spacial score (nSPS) is 16.6. The summed E-state index contributed by atoms with van der Waals surface area (Å²) in [6.07, 6.45) is 10.4. The average molecular weight is 282 g/mol. The number of aldehydes is 1. The van der Waals surface area contributed by atoms with Crippen LogP contribution in [-0.4, -0.2) is 16.1 Å². The summed E-state index contributed by atoms with van der Waals surface area (Å²) in [5.74, 6) is 0.463. The molecule has 0 atom stereocenters. The van der Waals surface area contributed by atoms with E-state index in [2.05, 4.69) is 12.1 Å². The number of carbonyl (C=O) groups is 1. The van der Waals surface area contributed by atoms with Crippen LogP contribution in [0, 0.1) is 0 Å². The van der Waals surface area contributed by atoms with E-state index in [1.54, 1.807) is 0 Å². The highest BCUT2D eigenvalue weighted by Gasteiger charge is 2.20. The van der Waals surface area contributed by atoms with E-state index in [1.165, 1.54) is 44.1 Å². The second kappa shape index (κ2) is 6.70. The molecule has 1 saturated carbocycles. The minimum Gasteiger partial charge on any atom is -0.298 e. The SMILES string of the molecule is O=Cc1cn(Cc2ccccc2)nc1C1CCCCCC1. The number of aromatic nitrogens is 2. The Morgan fingerprint density at radius 2 is 1.81 bits per heavy atom. The molecule has 110 valence electrons. The third-order valence-electron chi connectivity index (χ3n) is 4.38. The predicted molar refractivity (Wildman–Crippen MR) is 83.6 cm³/mol. The van der Waals surface area contributed by atoms with Gasteiger partial charge >= 0.3 is 0 Å².